The standard InChI is InChI=1S/C30H32Cl2N4O3S/c31-23-7-6-21(26(32)16-23)10-11-33-29(38)19-36-14-12-35(13-15-36)18-24(37)20-39-25-8-9-28-27(17-25)34-30(40-28)22-4-2-1-3-5-22/h1-9,16-17,24,37H,10-15,18-20H2,(H,33,38). The summed E-state index contributed by atoms with van der Waals surface area (Å²) in [5, 5.41) is 15.8. The molecule has 7 nitrogen and oxygen atoms in total. The Balaban J connectivity index is 1.00. The van der Waals surface area contributed by atoms with E-state index in [1.807, 2.05) is 42.5 Å². The predicted octanol–water partition coefficient (Wildman–Crippen LogP) is 4.99. The summed E-state index contributed by atoms with van der Waals surface area (Å²) >= 11 is 13.8. The molecule has 1 aromatic heterocycles. The average molecular weight is 600 g/mol. The van der Waals surface area contributed by atoms with Gasteiger partial charge in [0, 0.05) is 60.9 Å². The number of aliphatic hydroxyl groups is 1. The van der Waals surface area contributed by atoms with Crippen LogP contribution in [0.15, 0.2) is 66.7 Å². The van der Waals surface area contributed by atoms with Gasteiger partial charge in [-0.1, -0.05) is 59.6 Å². The molecule has 3 aromatic carbocycles. The summed E-state index contributed by atoms with van der Waals surface area (Å²) in [5.41, 5.74) is 2.95. The number of nitrogens with zero attached hydrogens (tertiary/aromatic N) is 3. The van der Waals surface area contributed by atoms with Gasteiger partial charge < -0.3 is 15.2 Å². The Hall–Kier alpha value is -2.72. The first-order chi connectivity index (χ1) is 19.4. The number of benzene rings is 3. The number of rotatable bonds is 11. The van der Waals surface area contributed by atoms with Crippen LogP contribution in [0.5, 0.6) is 5.75 Å². The minimum atomic E-state index is -0.611. The van der Waals surface area contributed by atoms with E-state index in [2.05, 4.69) is 27.2 Å². The Morgan fingerprint density at radius 3 is 2.58 bits per heavy atom. The summed E-state index contributed by atoms with van der Waals surface area (Å²) < 4.78 is 7.00. The summed E-state index contributed by atoms with van der Waals surface area (Å²) in [6.07, 6.45) is 0.0440. The quantitative estimate of drug-likeness (QED) is 0.253. The van der Waals surface area contributed by atoms with Crippen molar-refractivity contribution in [2.45, 2.75) is 12.5 Å². The molecule has 40 heavy (non-hydrogen) atoms. The molecule has 0 bridgehead atoms. The highest BCUT2D eigenvalue weighted by molar-refractivity contribution is 7.21. The molecule has 1 aliphatic heterocycles. The summed E-state index contributed by atoms with van der Waals surface area (Å²) in [4.78, 5) is 21.5. The van der Waals surface area contributed by atoms with Crippen molar-refractivity contribution in [2.75, 3.05) is 52.4 Å². The average Bonchev–Trinajstić information content (AvgIpc) is 3.38. The van der Waals surface area contributed by atoms with E-state index in [9.17, 15) is 9.90 Å². The monoisotopic (exact) mass is 598 g/mol. The van der Waals surface area contributed by atoms with Gasteiger partial charge in [0.1, 0.15) is 23.5 Å². The molecule has 4 aromatic rings. The Morgan fingerprint density at radius 1 is 1.02 bits per heavy atom. The number of β-amino-alcohol motifs (C(OH)–C–C–N with tert-alkyl or cyclic N) is 1. The number of carbonyl (C=O) groups excluding carboxylic acids is 1. The molecule has 210 valence electrons. The van der Waals surface area contributed by atoms with Crippen molar-refractivity contribution in [3.63, 3.8) is 0 Å². The summed E-state index contributed by atoms with van der Waals surface area (Å²) in [5.74, 6) is 0.700. The zero-order chi connectivity index (χ0) is 27.9. The third-order valence-corrected chi connectivity index (χ3v) is 8.53. The highest BCUT2D eigenvalue weighted by Crippen LogP contribution is 2.32. The lowest BCUT2D eigenvalue weighted by molar-refractivity contribution is -0.122. The molecule has 0 radical (unpaired) electrons. The van der Waals surface area contributed by atoms with Crippen LogP contribution in [0.3, 0.4) is 0 Å². The number of thiazole rings is 1. The second-order valence-electron chi connectivity index (χ2n) is 9.89. The summed E-state index contributed by atoms with van der Waals surface area (Å²) in [6, 6.07) is 21.4. The molecule has 1 unspecified atom stereocenters. The van der Waals surface area contributed by atoms with E-state index in [1.165, 1.54) is 0 Å². The van der Waals surface area contributed by atoms with E-state index >= 15 is 0 Å². The molecule has 1 aliphatic rings. The van der Waals surface area contributed by atoms with E-state index in [4.69, 9.17) is 32.9 Å². The van der Waals surface area contributed by atoms with Crippen LogP contribution in [-0.4, -0.2) is 84.3 Å². The number of halogens is 2. The molecular weight excluding hydrogens is 567 g/mol. The second kappa shape index (κ2) is 13.8. The van der Waals surface area contributed by atoms with Gasteiger partial charge in [0.2, 0.25) is 5.91 Å². The zero-order valence-corrected chi connectivity index (χ0v) is 24.4. The van der Waals surface area contributed by atoms with Crippen LogP contribution in [0, 0.1) is 0 Å². The number of hydrogen-bond donors (Lipinski definition) is 2. The molecule has 1 fully saturated rings. The van der Waals surface area contributed by atoms with Crippen molar-refractivity contribution >= 4 is 50.7 Å². The van der Waals surface area contributed by atoms with Gasteiger partial charge in [0.15, 0.2) is 0 Å². The first-order valence-corrected chi connectivity index (χ1v) is 14.9. The van der Waals surface area contributed by atoms with Crippen LogP contribution in [0.1, 0.15) is 5.56 Å². The normalized spacial score (nSPS) is 15.3. The fourth-order valence-electron chi connectivity index (χ4n) is 4.69. The number of ether oxygens (including phenoxy) is 1. The van der Waals surface area contributed by atoms with Gasteiger partial charge in [-0.25, -0.2) is 4.98 Å². The maximum atomic E-state index is 12.4. The first kappa shape index (κ1) is 28.8. The van der Waals surface area contributed by atoms with Crippen molar-refractivity contribution in [1.29, 1.82) is 0 Å². The van der Waals surface area contributed by atoms with Gasteiger partial charge in [0.05, 0.1) is 16.8 Å². The Kier molecular flexibility index (Phi) is 9.91. The first-order valence-electron chi connectivity index (χ1n) is 13.3. The van der Waals surface area contributed by atoms with Gasteiger partial charge >= 0.3 is 0 Å². The molecule has 1 saturated heterocycles. The lowest BCUT2D eigenvalue weighted by atomic mass is 10.1. The minimum absolute atomic E-state index is 0.0000547. The van der Waals surface area contributed by atoms with Crippen LogP contribution in [-0.2, 0) is 11.2 Å². The van der Waals surface area contributed by atoms with E-state index in [1.54, 1.807) is 23.5 Å². The smallest absolute Gasteiger partial charge is 0.234 e. The lowest BCUT2D eigenvalue weighted by Gasteiger charge is -2.35. The third kappa shape index (κ3) is 7.94. The molecule has 2 N–H and O–H groups in total. The number of fused-ring (bicyclic) bond motifs is 1. The van der Waals surface area contributed by atoms with Crippen LogP contribution < -0.4 is 10.1 Å². The van der Waals surface area contributed by atoms with E-state index in [-0.39, 0.29) is 12.5 Å². The van der Waals surface area contributed by atoms with E-state index in [0.29, 0.717) is 41.8 Å². The summed E-state index contributed by atoms with van der Waals surface area (Å²) in [7, 11) is 0. The van der Waals surface area contributed by atoms with Gasteiger partial charge in [-0.3, -0.25) is 14.6 Å². The van der Waals surface area contributed by atoms with Crippen LogP contribution in [0.25, 0.3) is 20.8 Å². The summed E-state index contributed by atoms with van der Waals surface area (Å²) in [6.45, 7) is 4.74. The van der Waals surface area contributed by atoms with E-state index in [0.717, 1.165) is 52.5 Å². The van der Waals surface area contributed by atoms with Crippen LogP contribution >= 0.6 is 34.5 Å². The number of aliphatic hydroxyl groups excluding tert-OH is 1. The van der Waals surface area contributed by atoms with Gasteiger partial charge in [-0.2, -0.15) is 0 Å². The Morgan fingerprint density at radius 2 is 1.80 bits per heavy atom. The van der Waals surface area contributed by atoms with Crippen molar-refractivity contribution in [1.82, 2.24) is 20.1 Å². The maximum Gasteiger partial charge on any atom is 0.234 e. The lowest BCUT2D eigenvalue weighted by Crippen LogP contribution is -2.51. The van der Waals surface area contributed by atoms with Crippen molar-refractivity contribution in [2.24, 2.45) is 0 Å². The van der Waals surface area contributed by atoms with Gasteiger partial charge in [-0.15, -0.1) is 11.3 Å². The number of piperazine rings is 1. The molecular formula is C30H32Cl2N4O3S. The molecule has 1 atom stereocenters. The largest absolute Gasteiger partial charge is 0.491 e. The molecule has 0 saturated carbocycles. The van der Waals surface area contributed by atoms with Crippen LogP contribution in [0.4, 0.5) is 0 Å². The van der Waals surface area contributed by atoms with Crippen molar-refractivity contribution in [3.05, 3.63) is 82.3 Å². The predicted molar refractivity (Wildman–Crippen MR) is 163 cm³/mol. The Labute approximate surface area is 248 Å². The second-order valence-corrected chi connectivity index (χ2v) is 11.8. The molecule has 2 heterocycles. The SMILES string of the molecule is O=C(CN1CCN(CC(O)COc2ccc3sc(-c4ccccc4)nc3c2)CC1)NCCc1ccc(Cl)cc1Cl. The molecule has 0 spiro atoms. The third-order valence-electron chi connectivity index (χ3n) is 6.85. The number of carbonyl (C=O) groups is 1. The van der Waals surface area contributed by atoms with Crippen molar-refractivity contribution in [3.8, 4) is 16.3 Å². The molecule has 0 aliphatic carbocycles. The van der Waals surface area contributed by atoms with Gasteiger partial charge in [-0.05, 0) is 36.2 Å². The number of hydrogen-bond acceptors (Lipinski definition) is 7. The zero-order valence-electron chi connectivity index (χ0n) is 22.1. The minimum Gasteiger partial charge on any atom is -0.491 e. The molecule has 10 heteroatoms. The molecule has 5 rings (SSSR count). The van der Waals surface area contributed by atoms with E-state index < -0.39 is 6.10 Å². The molecule has 1 amide bonds. The topological polar surface area (TPSA) is 77.9 Å². The van der Waals surface area contributed by atoms with Crippen molar-refractivity contribution < 1.29 is 14.6 Å². The fraction of sp³-hybridized carbons (Fsp3) is 0.333. The fourth-order valence-corrected chi connectivity index (χ4v) is 6.15. The highest BCUT2D eigenvalue weighted by Gasteiger charge is 2.21. The maximum absolute atomic E-state index is 12.4. The van der Waals surface area contributed by atoms with Crippen LogP contribution in [0.2, 0.25) is 10.0 Å². The number of aromatic nitrogens is 1. The number of amides is 1. The number of nitrogens with one attached hydrogen (secondary N) is 1. The highest BCUT2D eigenvalue weighted by atomic mass is 35.5. The van der Waals surface area contributed by atoms with Gasteiger partial charge in [0.25, 0.3) is 0 Å². The Bertz CT molecular complexity index is 1430.